The monoisotopic (exact) mass is 219 g/mol. The summed E-state index contributed by atoms with van der Waals surface area (Å²) < 4.78 is 5.75. The zero-order valence-corrected chi connectivity index (χ0v) is 10.2. The highest BCUT2D eigenvalue weighted by Gasteiger charge is 2.07. The second kappa shape index (κ2) is 6.33. The van der Waals surface area contributed by atoms with E-state index in [0.29, 0.717) is 0 Å². The molecule has 0 aliphatic carbocycles. The van der Waals surface area contributed by atoms with Crippen molar-refractivity contribution in [3.8, 4) is 5.75 Å². The van der Waals surface area contributed by atoms with Crippen LogP contribution in [0.3, 0.4) is 0 Å². The van der Waals surface area contributed by atoms with Gasteiger partial charge < -0.3 is 10.5 Å². The lowest BCUT2D eigenvalue weighted by atomic mass is 10.1. The maximum Gasteiger partial charge on any atom is 0.124 e. The van der Waals surface area contributed by atoms with Crippen LogP contribution in [0.4, 0.5) is 0 Å². The van der Waals surface area contributed by atoms with Crippen molar-refractivity contribution in [2.45, 2.75) is 32.7 Å². The first-order valence-electron chi connectivity index (χ1n) is 5.75. The lowest BCUT2D eigenvalue weighted by Crippen LogP contribution is -2.08. The van der Waals surface area contributed by atoms with E-state index in [4.69, 9.17) is 10.5 Å². The van der Waals surface area contributed by atoms with E-state index >= 15 is 0 Å². The fourth-order valence-electron chi connectivity index (χ4n) is 1.55. The summed E-state index contributed by atoms with van der Waals surface area (Å²) in [6.45, 7) is 8.44. The van der Waals surface area contributed by atoms with E-state index in [2.05, 4.69) is 19.6 Å². The minimum Gasteiger partial charge on any atom is -0.493 e. The molecule has 0 aliphatic rings. The van der Waals surface area contributed by atoms with Gasteiger partial charge in [-0.2, -0.15) is 0 Å². The average molecular weight is 219 g/mol. The van der Waals surface area contributed by atoms with Crippen molar-refractivity contribution in [1.82, 2.24) is 0 Å². The lowest BCUT2D eigenvalue weighted by molar-refractivity contribution is 0.307. The summed E-state index contributed by atoms with van der Waals surface area (Å²) in [6.07, 6.45) is 3.89. The standard InChI is InChI=1S/C14H21NO/c1-4-5-6-9-16-14-10-11(2)7-8-13(14)12(3)15/h4,7-8,10,12H,1,5-6,9,15H2,2-3H3/t12-/m1/s1. The highest BCUT2D eigenvalue weighted by molar-refractivity contribution is 5.38. The molecule has 1 aromatic rings. The van der Waals surface area contributed by atoms with Crippen molar-refractivity contribution in [3.63, 3.8) is 0 Å². The molecule has 1 rings (SSSR count). The number of aryl methyl sites for hydroxylation is 1. The molecule has 2 heteroatoms. The van der Waals surface area contributed by atoms with Crippen LogP contribution >= 0.6 is 0 Å². The molecule has 0 spiro atoms. The van der Waals surface area contributed by atoms with Gasteiger partial charge in [-0.1, -0.05) is 18.2 Å². The molecular weight excluding hydrogens is 198 g/mol. The zero-order chi connectivity index (χ0) is 12.0. The second-order valence-corrected chi connectivity index (χ2v) is 4.11. The minimum atomic E-state index is 0.00926. The molecule has 1 atom stereocenters. The molecule has 0 radical (unpaired) electrons. The van der Waals surface area contributed by atoms with Crippen molar-refractivity contribution >= 4 is 0 Å². The number of rotatable bonds is 6. The minimum absolute atomic E-state index is 0.00926. The predicted octanol–water partition coefficient (Wildman–Crippen LogP) is 3.36. The van der Waals surface area contributed by atoms with E-state index in [9.17, 15) is 0 Å². The average Bonchev–Trinajstić information content (AvgIpc) is 2.24. The van der Waals surface area contributed by atoms with Crippen molar-refractivity contribution in [2.75, 3.05) is 6.61 Å². The molecule has 0 bridgehead atoms. The van der Waals surface area contributed by atoms with Gasteiger partial charge in [-0.25, -0.2) is 0 Å². The van der Waals surface area contributed by atoms with Crippen molar-refractivity contribution in [2.24, 2.45) is 5.73 Å². The maximum atomic E-state index is 5.90. The Bertz CT molecular complexity index is 345. The zero-order valence-electron chi connectivity index (χ0n) is 10.2. The van der Waals surface area contributed by atoms with Gasteiger partial charge >= 0.3 is 0 Å². The number of hydrogen-bond acceptors (Lipinski definition) is 2. The Morgan fingerprint density at radius 1 is 1.50 bits per heavy atom. The fourth-order valence-corrected chi connectivity index (χ4v) is 1.55. The Labute approximate surface area is 98.1 Å². The molecule has 0 aromatic heterocycles. The highest BCUT2D eigenvalue weighted by atomic mass is 16.5. The Hall–Kier alpha value is -1.28. The van der Waals surface area contributed by atoms with E-state index in [-0.39, 0.29) is 6.04 Å². The number of unbranched alkanes of at least 4 members (excludes halogenated alkanes) is 1. The molecular formula is C14H21NO. The molecule has 0 amide bonds. The van der Waals surface area contributed by atoms with Crippen LogP contribution in [0, 0.1) is 6.92 Å². The van der Waals surface area contributed by atoms with Gasteiger partial charge in [-0.05, 0) is 38.3 Å². The molecule has 16 heavy (non-hydrogen) atoms. The molecule has 0 heterocycles. The van der Waals surface area contributed by atoms with Gasteiger partial charge in [-0.15, -0.1) is 6.58 Å². The van der Waals surface area contributed by atoms with E-state index < -0.39 is 0 Å². The van der Waals surface area contributed by atoms with Crippen LogP contribution < -0.4 is 10.5 Å². The molecule has 0 fully saturated rings. The summed E-state index contributed by atoms with van der Waals surface area (Å²) in [4.78, 5) is 0. The van der Waals surface area contributed by atoms with Crippen LogP contribution in [0.25, 0.3) is 0 Å². The van der Waals surface area contributed by atoms with Crippen LogP contribution in [-0.4, -0.2) is 6.61 Å². The van der Waals surface area contributed by atoms with Crippen LogP contribution in [-0.2, 0) is 0 Å². The first-order valence-corrected chi connectivity index (χ1v) is 5.75. The van der Waals surface area contributed by atoms with E-state index in [0.717, 1.165) is 30.8 Å². The van der Waals surface area contributed by atoms with Crippen LogP contribution in [0.2, 0.25) is 0 Å². The van der Waals surface area contributed by atoms with Gasteiger partial charge in [0.1, 0.15) is 5.75 Å². The highest BCUT2D eigenvalue weighted by Crippen LogP contribution is 2.25. The number of hydrogen-bond donors (Lipinski definition) is 1. The third kappa shape index (κ3) is 3.70. The first kappa shape index (κ1) is 12.8. The summed E-state index contributed by atoms with van der Waals surface area (Å²) in [5, 5.41) is 0. The summed E-state index contributed by atoms with van der Waals surface area (Å²) in [5.74, 6) is 0.916. The van der Waals surface area contributed by atoms with Crippen molar-refractivity contribution < 1.29 is 4.74 Å². The normalized spacial score (nSPS) is 12.2. The third-order valence-electron chi connectivity index (χ3n) is 2.47. The van der Waals surface area contributed by atoms with Crippen LogP contribution in [0.1, 0.15) is 36.9 Å². The third-order valence-corrected chi connectivity index (χ3v) is 2.47. The Balaban J connectivity index is 2.68. The molecule has 0 saturated heterocycles. The molecule has 0 unspecified atom stereocenters. The van der Waals surface area contributed by atoms with Gasteiger partial charge in [0.15, 0.2) is 0 Å². The maximum absolute atomic E-state index is 5.90. The SMILES string of the molecule is C=CCCCOc1cc(C)ccc1[C@@H](C)N. The van der Waals surface area contributed by atoms with Crippen molar-refractivity contribution in [3.05, 3.63) is 42.0 Å². The number of ether oxygens (including phenoxy) is 1. The van der Waals surface area contributed by atoms with E-state index in [1.165, 1.54) is 5.56 Å². The molecule has 0 aliphatic heterocycles. The summed E-state index contributed by atoms with van der Waals surface area (Å²) in [5.41, 5.74) is 8.17. The van der Waals surface area contributed by atoms with Crippen molar-refractivity contribution in [1.29, 1.82) is 0 Å². The Morgan fingerprint density at radius 2 is 2.25 bits per heavy atom. The first-order chi connectivity index (χ1) is 7.65. The van der Waals surface area contributed by atoms with Crippen LogP contribution in [0.15, 0.2) is 30.9 Å². The summed E-state index contributed by atoms with van der Waals surface area (Å²) in [6, 6.07) is 6.17. The Morgan fingerprint density at radius 3 is 2.88 bits per heavy atom. The smallest absolute Gasteiger partial charge is 0.124 e. The summed E-state index contributed by atoms with van der Waals surface area (Å²) >= 11 is 0. The van der Waals surface area contributed by atoms with Crippen LogP contribution in [0.5, 0.6) is 5.75 Å². The quantitative estimate of drug-likeness (QED) is 0.588. The van der Waals surface area contributed by atoms with Gasteiger partial charge in [-0.3, -0.25) is 0 Å². The van der Waals surface area contributed by atoms with Gasteiger partial charge in [0.25, 0.3) is 0 Å². The van der Waals surface area contributed by atoms with E-state index in [1.807, 2.05) is 25.1 Å². The molecule has 88 valence electrons. The fraction of sp³-hybridized carbons (Fsp3) is 0.429. The van der Waals surface area contributed by atoms with E-state index in [1.54, 1.807) is 0 Å². The lowest BCUT2D eigenvalue weighted by Gasteiger charge is -2.14. The van der Waals surface area contributed by atoms with Gasteiger partial charge in [0.05, 0.1) is 6.61 Å². The molecule has 2 N–H and O–H groups in total. The number of nitrogens with two attached hydrogens (primary N) is 1. The molecule has 1 aromatic carbocycles. The summed E-state index contributed by atoms with van der Waals surface area (Å²) in [7, 11) is 0. The molecule has 0 saturated carbocycles. The predicted molar refractivity (Wildman–Crippen MR) is 68.7 cm³/mol. The van der Waals surface area contributed by atoms with Gasteiger partial charge in [0.2, 0.25) is 0 Å². The van der Waals surface area contributed by atoms with Gasteiger partial charge in [0, 0.05) is 11.6 Å². The number of allylic oxidation sites excluding steroid dienone is 1. The number of benzene rings is 1. The topological polar surface area (TPSA) is 35.2 Å². The largest absolute Gasteiger partial charge is 0.493 e. The Kier molecular flexibility index (Phi) is 5.06. The second-order valence-electron chi connectivity index (χ2n) is 4.11. The molecule has 2 nitrogen and oxygen atoms in total.